The van der Waals surface area contributed by atoms with Crippen LogP contribution in [0.15, 0.2) is 72.8 Å². The first kappa shape index (κ1) is 21.1. The first-order valence-electron chi connectivity index (χ1n) is 10.1. The summed E-state index contributed by atoms with van der Waals surface area (Å²) >= 11 is 5.55. The second-order valence-electron chi connectivity index (χ2n) is 7.56. The molecule has 0 unspecified atom stereocenters. The van der Waals surface area contributed by atoms with Crippen LogP contribution in [0.5, 0.6) is 0 Å². The summed E-state index contributed by atoms with van der Waals surface area (Å²) in [6.45, 7) is 0.179. The number of alkyl carbamates (subject to hydrolysis) is 1. The Morgan fingerprint density at radius 3 is 2.10 bits per heavy atom. The number of rotatable bonds is 7. The maximum absolute atomic E-state index is 13.1. The van der Waals surface area contributed by atoms with E-state index >= 15 is 0 Å². The minimum atomic E-state index is -0.619. The highest BCUT2D eigenvalue weighted by molar-refractivity contribution is 6.63. The Hall–Kier alpha value is -3.18. The second kappa shape index (κ2) is 9.31. The summed E-state index contributed by atoms with van der Waals surface area (Å²) in [5.74, 6) is -0.401. The smallest absolute Gasteiger partial charge is 0.407 e. The van der Waals surface area contributed by atoms with Crippen LogP contribution in [0.2, 0.25) is 0 Å². The van der Waals surface area contributed by atoms with Gasteiger partial charge in [-0.05, 0) is 58.0 Å². The van der Waals surface area contributed by atoms with Gasteiger partial charge in [-0.15, -0.1) is 0 Å². The zero-order valence-electron chi connectivity index (χ0n) is 16.7. The molecule has 0 fully saturated rings. The largest absolute Gasteiger partial charge is 0.449 e. The van der Waals surface area contributed by atoms with Gasteiger partial charge in [-0.3, -0.25) is 4.79 Å². The van der Waals surface area contributed by atoms with Crippen LogP contribution in [0, 0.1) is 5.82 Å². The maximum atomic E-state index is 13.1. The third kappa shape index (κ3) is 4.94. The van der Waals surface area contributed by atoms with Gasteiger partial charge < -0.3 is 10.1 Å². The number of ether oxygens (including phenoxy) is 1. The molecule has 158 valence electrons. The van der Waals surface area contributed by atoms with Crippen molar-refractivity contribution >= 4 is 22.9 Å². The molecule has 3 aromatic carbocycles. The van der Waals surface area contributed by atoms with Crippen LogP contribution in [0.3, 0.4) is 0 Å². The van der Waals surface area contributed by atoms with Crippen molar-refractivity contribution in [1.29, 1.82) is 0 Å². The highest BCUT2D eigenvalue weighted by Crippen LogP contribution is 2.44. The lowest BCUT2D eigenvalue weighted by atomic mass is 9.98. The average Bonchev–Trinajstić information content (AvgIpc) is 3.07. The molecule has 0 saturated heterocycles. The Bertz CT molecular complexity index is 1050. The third-order valence-corrected chi connectivity index (χ3v) is 5.62. The molecule has 0 radical (unpaired) electrons. The van der Waals surface area contributed by atoms with E-state index in [0.29, 0.717) is 6.42 Å². The van der Waals surface area contributed by atoms with E-state index in [1.807, 2.05) is 36.4 Å². The van der Waals surface area contributed by atoms with Gasteiger partial charge in [-0.1, -0.05) is 60.7 Å². The topological polar surface area (TPSA) is 55.4 Å². The van der Waals surface area contributed by atoms with E-state index < -0.39 is 17.4 Å². The van der Waals surface area contributed by atoms with Crippen molar-refractivity contribution in [2.45, 2.75) is 24.8 Å². The van der Waals surface area contributed by atoms with Crippen LogP contribution in [0.25, 0.3) is 11.1 Å². The molecule has 6 heteroatoms. The van der Waals surface area contributed by atoms with Gasteiger partial charge in [0.25, 0.3) is 0 Å². The highest BCUT2D eigenvalue weighted by atomic mass is 35.5. The molecular formula is C25H21ClFNO3. The van der Waals surface area contributed by atoms with Gasteiger partial charge in [0.1, 0.15) is 12.4 Å². The zero-order chi connectivity index (χ0) is 21.8. The molecule has 1 amide bonds. The van der Waals surface area contributed by atoms with Crippen LogP contribution < -0.4 is 5.32 Å². The zero-order valence-corrected chi connectivity index (χ0v) is 17.4. The Morgan fingerprint density at radius 1 is 0.935 bits per heavy atom. The summed E-state index contributed by atoms with van der Waals surface area (Å²) < 4.78 is 18.7. The molecule has 0 heterocycles. The van der Waals surface area contributed by atoms with Gasteiger partial charge in [-0.2, -0.15) is 0 Å². The van der Waals surface area contributed by atoms with Crippen molar-refractivity contribution in [1.82, 2.24) is 5.32 Å². The Balaban J connectivity index is 1.42. The third-order valence-electron chi connectivity index (χ3n) is 5.47. The van der Waals surface area contributed by atoms with E-state index in [1.165, 1.54) is 12.1 Å². The first-order chi connectivity index (χ1) is 15.0. The van der Waals surface area contributed by atoms with E-state index in [4.69, 9.17) is 16.3 Å². The quantitative estimate of drug-likeness (QED) is 0.501. The number of nitrogens with one attached hydrogen (secondary N) is 1. The normalized spacial score (nSPS) is 13.2. The fourth-order valence-electron chi connectivity index (χ4n) is 4.08. The van der Waals surface area contributed by atoms with Crippen molar-refractivity contribution < 1.29 is 18.7 Å². The predicted molar refractivity (Wildman–Crippen MR) is 118 cm³/mol. The van der Waals surface area contributed by atoms with E-state index in [9.17, 15) is 14.0 Å². The van der Waals surface area contributed by atoms with Gasteiger partial charge in [0.2, 0.25) is 5.24 Å². The van der Waals surface area contributed by atoms with Gasteiger partial charge in [-0.25, -0.2) is 9.18 Å². The summed E-state index contributed by atoms with van der Waals surface area (Å²) in [7, 11) is 0. The van der Waals surface area contributed by atoms with Gasteiger partial charge in [0, 0.05) is 18.4 Å². The molecule has 1 N–H and O–H groups in total. The summed E-state index contributed by atoms with van der Waals surface area (Å²) in [5, 5.41) is 2.16. The lowest BCUT2D eigenvalue weighted by molar-refractivity contribution is -0.112. The lowest BCUT2D eigenvalue weighted by Gasteiger charge is -2.19. The fraction of sp³-hybridized carbons (Fsp3) is 0.200. The maximum Gasteiger partial charge on any atom is 0.407 e. The van der Waals surface area contributed by atoms with Crippen molar-refractivity contribution in [3.63, 3.8) is 0 Å². The molecule has 0 aliphatic heterocycles. The molecule has 1 aliphatic carbocycles. The van der Waals surface area contributed by atoms with Gasteiger partial charge in [0.15, 0.2) is 0 Å². The van der Waals surface area contributed by atoms with Crippen molar-refractivity contribution in [3.8, 4) is 11.1 Å². The number of carbonyl (C=O) groups is 2. The van der Waals surface area contributed by atoms with Gasteiger partial charge >= 0.3 is 6.09 Å². The van der Waals surface area contributed by atoms with Crippen molar-refractivity contribution in [3.05, 3.63) is 95.3 Å². The standard InChI is InChI=1S/C25H21ClFNO3/c26-24(29)14-18(13-16-9-11-17(27)12-10-16)28-25(30)31-15-23-21-7-3-1-5-19(21)20-6-2-4-8-22(20)23/h1-12,18,23H,13-15H2,(H,28,30)/t18-/m1/s1. The molecule has 0 saturated carbocycles. The predicted octanol–water partition coefficient (Wildman–Crippen LogP) is 5.43. The average molecular weight is 438 g/mol. The molecule has 0 aromatic heterocycles. The molecule has 4 rings (SSSR count). The van der Waals surface area contributed by atoms with Crippen LogP contribution in [0.4, 0.5) is 9.18 Å². The SMILES string of the molecule is O=C(Cl)C[C@@H](Cc1ccc(F)cc1)NC(=O)OCC1c2ccccc2-c2ccccc21. The van der Waals surface area contributed by atoms with Crippen LogP contribution in [0.1, 0.15) is 29.0 Å². The number of carbonyl (C=O) groups excluding carboxylic acids is 2. The molecule has 31 heavy (non-hydrogen) atoms. The van der Waals surface area contributed by atoms with Crippen LogP contribution in [-0.2, 0) is 16.0 Å². The summed E-state index contributed by atoms with van der Waals surface area (Å²) in [5.41, 5.74) is 5.32. The number of hydrogen-bond donors (Lipinski definition) is 1. The molecule has 1 aliphatic rings. The van der Waals surface area contributed by atoms with Gasteiger partial charge in [0.05, 0.1) is 0 Å². The molecule has 0 bridgehead atoms. The molecule has 1 atom stereocenters. The van der Waals surface area contributed by atoms with Crippen LogP contribution >= 0.6 is 11.6 Å². The highest BCUT2D eigenvalue weighted by Gasteiger charge is 2.29. The minimum Gasteiger partial charge on any atom is -0.449 e. The Kier molecular flexibility index (Phi) is 6.33. The van der Waals surface area contributed by atoms with E-state index in [2.05, 4.69) is 17.4 Å². The number of halogens is 2. The number of benzene rings is 3. The number of fused-ring (bicyclic) bond motifs is 3. The molecular weight excluding hydrogens is 417 g/mol. The fourth-order valence-corrected chi connectivity index (χ4v) is 4.27. The van der Waals surface area contributed by atoms with E-state index in [0.717, 1.165) is 27.8 Å². The first-order valence-corrected chi connectivity index (χ1v) is 10.4. The van der Waals surface area contributed by atoms with Crippen LogP contribution in [-0.4, -0.2) is 24.0 Å². The summed E-state index contributed by atoms with van der Waals surface area (Å²) in [4.78, 5) is 23.9. The lowest BCUT2D eigenvalue weighted by Crippen LogP contribution is -2.38. The monoisotopic (exact) mass is 437 g/mol. The minimum absolute atomic E-state index is 0.0524. The molecule has 4 nitrogen and oxygen atoms in total. The van der Waals surface area contributed by atoms with E-state index in [-0.39, 0.29) is 24.8 Å². The van der Waals surface area contributed by atoms with Crippen molar-refractivity contribution in [2.75, 3.05) is 6.61 Å². The number of amides is 1. The Morgan fingerprint density at radius 2 is 1.52 bits per heavy atom. The summed E-state index contributed by atoms with van der Waals surface area (Å²) in [6, 6.07) is 21.5. The second-order valence-corrected chi connectivity index (χ2v) is 7.98. The molecule has 3 aromatic rings. The van der Waals surface area contributed by atoms with Crippen molar-refractivity contribution in [2.24, 2.45) is 0 Å². The summed E-state index contributed by atoms with van der Waals surface area (Å²) in [6.07, 6.45) is -0.335. The Labute approximate surface area is 185 Å². The molecule has 0 spiro atoms. The number of hydrogen-bond acceptors (Lipinski definition) is 3. The van der Waals surface area contributed by atoms with E-state index in [1.54, 1.807) is 12.1 Å².